The molecule has 0 spiro atoms. The van der Waals surface area contributed by atoms with Crippen LogP contribution in [0, 0.1) is 5.41 Å². The van der Waals surface area contributed by atoms with Crippen LogP contribution < -0.4 is 0 Å². The average Bonchev–Trinajstić information content (AvgIpc) is 2.24. The van der Waals surface area contributed by atoms with E-state index in [1.54, 1.807) is 6.08 Å². The lowest BCUT2D eigenvalue weighted by atomic mass is 9.91. The molecule has 0 aromatic carbocycles. The summed E-state index contributed by atoms with van der Waals surface area (Å²) in [7, 11) is -1.26. The quantitative estimate of drug-likeness (QED) is 0.411. The topological polar surface area (TPSA) is 35.5 Å². The summed E-state index contributed by atoms with van der Waals surface area (Å²) in [5.41, 5.74) is 0.615. The van der Waals surface area contributed by atoms with E-state index in [4.69, 9.17) is 9.47 Å². The van der Waals surface area contributed by atoms with E-state index in [9.17, 15) is 4.79 Å². The Morgan fingerprint density at radius 1 is 1.10 bits per heavy atom. The van der Waals surface area contributed by atoms with Gasteiger partial charge in [-0.05, 0) is 31.7 Å². The average molecular weight is 303 g/mol. The van der Waals surface area contributed by atoms with E-state index in [0.29, 0.717) is 5.54 Å². The molecule has 120 valence electrons. The molecule has 0 aromatic rings. The van der Waals surface area contributed by atoms with Crippen LogP contribution in [0.15, 0.2) is 6.08 Å². The maximum absolute atomic E-state index is 10.4. The highest BCUT2D eigenvalue weighted by Crippen LogP contribution is 2.39. The van der Waals surface area contributed by atoms with E-state index < -0.39 is 8.07 Å². The Balaban J connectivity index is 0. The van der Waals surface area contributed by atoms with Crippen molar-refractivity contribution in [3.63, 3.8) is 0 Å². The predicted octanol–water partition coefficient (Wildman–Crippen LogP) is 4.53. The third kappa shape index (κ3) is 11.4. The number of carbonyl (C=O) groups excluding carboxylic acids is 1. The molecule has 4 heteroatoms. The van der Waals surface area contributed by atoms with Crippen molar-refractivity contribution in [3.05, 3.63) is 6.08 Å². The highest BCUT2D eigenvalue weighted by atomic mass is 28.3. The molecule has 0 saturated carbocycles. The zero-order valence-electron chi connectivity index (χ0n) is 14.9. The van der Waals surface area contributed by atoms with Crippen LogP contribution in [0.3, 0.4) is 0 Å². The third-order valence-electron chi connectivity index (χ3n) is 2.90. The van der Waals surface area contributed by atoms with Crippen molar-refractivity contribution in [1.82, 2.24) is 0 Å². The van der Waals surface area contributed by atoms with E-state index in [0.717, 1.165) is 13.2 Å². The standard InChI is InChI=1S/C10H20OSi.C6H14O2/c1-10(2,3)9(7-8-11)12(4,5)6;1-4-7-6(3)8-5-2/h7,9H,1-6H3;6H,4-5H2,1-3H3. The molecule has 0 aliphatic rings. The fraction of sp³-hybridized carbons (Fsp3) is 0.875. The smallest absolute Gasteiger partial charge is 0.154 e. The van der Waals surface area contributed by atoms with Crippen LogP contribution >= 0.6 is 0 Å². The van der Waals surface area contributed by atoms with Gasteiger partial charge in [0.25, 0.3) is 0 Å². The fourth-order valence-electron chi connectivity index (χ4n) is 2.38. The van der Waals surface area contributed by atoms with Gasteiger partial charge in [0.1, 0.15) is 5.94 Å². The van der Waals surface area contributed by atoms with Gasteiger partial charge < -0.3 is 9.47 Å². The van der Waals surface area contributed by atoms with Crippen molar-refractivity contribution < 1.29 is 14.3 Å². The molecule has 3 nitrogen and oxygen atoms in total. The molecule has 0 heterocycles. The van der Waals surface area contributed by atoms with Gasteiger partial charge in [0, 0.05) is 19.3 Å². The second-order valence-corrected chi connectivity index (χ2v) is 12.3. The highest BCUT2D eigenvalue weighted by molar-refractivity contribution is 6.78. The van der Waals surface area contributed by atoms with Crippen molar-refractivity contribution >= 4 is 14.0 Å². The highest BCUT2D eigenvalue weighted by Gasteiger charge is 2.34. The summed E-state index contributed by atoms with van der Waals surface area (Å²) in [4.78, 5) is 10.4. The molecule has 20 heavy (non-hydrogen) atoms. The van der Waals surface area contributed by atoms with E-state index in [-0.39, 0.29) is 11.7 Å². The van der Waals surface area contributed by atoms with Gasteiger partial charge in [0.2, 0.25) is 0 Å². The molecule has 0 N–H and O–H groups in total. The Bertz CT molecular complexity index is 263. The largest absolute Gasteiger partial charge is 0.353 e. The Morgan fingerprint density at radius 3 is 1.65 bits per heavy atom. The number of rotatable bonds is 6. The van der Waals surface area contributed by atoms with Crippen LogP contribution in [0.2, 0.25) is 25.2 Å². The SMILES string of the molecule is CC(C)(C)C(C=C=O)[Si](C)(C)C.CCOC(C)OCC. The first-order chi connectivity index (χ1) is 9.00. The number of allylic oxidation sites excluding steroid dienone is 1. The molecular formula is C16H34O3Si. The first-order valence-corrected chi connectivity index (χ1v) is 11.0. The lowest BCUT2D eigenvalue weighted by Gasteiger charge is -2.36. The second-order valence-electron chi connectivity index (χ2n) is 6.97. The van der Waals surface area contributed by atoms with Gasteiger partial charge in [-0.2, -0.15) is 0 Å². The maximum Gasteiger partial charge on any atom is 0.154 e. The molecule has 1 unspecified atom stereocenters. The van der Waals surface area contributed by atoms with Crippen molar-refractivity contribution in [2.24, 2.45) is 5.41 Å². The Labute approximate surface area is 126 Å². The number of hydrogen-bond acceptors (Lipinski definition) is 3. The predicted molar refractivity (Wildman–Crippen MR) is 89.5 cm³/mol. The normalized spacial score (nSPS) is 13.3. The summed E-state index contributed by atoms with van der Waals surface area (Å²) < 4.78 is 10.1. The van der Waals surface area contributed by atoms with Gasteiger partial charge in [-0.15, -0.1) is 0 Å². The number of hydrogen-bond donors (Lipinski definition) is 0. The van der Waals surface area contributed by atoms with E-state index in [1.165, 1.54) is 0 Å². The second kappa shape index (κ2) is 10.3. The van der Waals surface area contributed by atoms with Crippen molar-refractivity contribution in [2.45, 2.75) is 73.0 Å². The number of ether oxygens (including phenoxy) is 2. The van der Waals surface area contributed by atoms with Crippen molar-refractivity contribution in [2.75, 3.05) is 13.2 Å². The van der Waals surface area contributed by atoms with Gasteiger partial charge in [-0.3, -0.25) is 0 Å². The summed E-state index contributed by atoms with van der Waals surface area (Å²) >= 11 is 0. The lowest BCUT2D eigenvalue weighted by Crippen LogP contribution is -2.35. The molecule has 1 atom stereocenters. The summed E-state index contributed by atoms with van der Waals surface area (Å²) in [6.45, 7) is 20.7. The molecule has 0 fully saturated rings. The Morgan fingerprint density at radius 2 is 1.50 bits per heavy atom. The van der Waals surface area contributed by atoms with E-state index in [1.807, 2.05) is 26.7 Å². The van der Waals surface area contributed by atoms with Gasteiger partial charge in [-0.25, -0.2) is 4.79 Å². The molecule has 0 saturated heterocycles. The molecule has 0 radical (unpaired) electrons. The minimum atomic E-state index is -1.26. The van der Waals surface area contributed by atoms with E-state index in [2.05, 4.69) is 40.4 Å². The van der Waals surface area contributed by atoms with Crippen LogP contribution in [0.5, 0.6) is 0 Å². The fourth-order valence-corrected chi connectivity index (χ4v) is 5.55. The summed E-state index contributed by atoms with van der Waals surface area (Å²) in [5.74, 6) is 1.94. The third-order valence-corrected chi connectivity index (χ3v) is 5.80. The van der Waals surface area contributed by atoms with Crippen LogP contribution in [0.25, 0.3) is 0 Å². The molecule has 0 rings (SSSR count). The van der Waals surface area contributed by atoms with Crippen molar-refractivity contribution in [1.29, 1.82) is 0 Å². The molecule has 0 aromatic heterocycles. The van der Waals surface area contributed by atoms with Crippen LogP contribution in [0.1, 0.15) is 41.5 Å². The monoisotopic (exact) mass is 302 g/mol. The Hall–Kier alpha value is -0.413. The lowest BCUT2D eigenvalue weighted by molar-refractivity contribution is -0.123. The van der Waals surface area contributed by atoms with Gasteiger partial charge in [-0.1, -0.05) is 40.4 Å². The van der Waals surface area contributed by atoms with Crippen LogP contribution in [-0.4, -0.2) is 33.5 Å². The summed E-state index contributed by atoms with van der Waals surface area (Å²) in [6.07, 6.45) is 1.68. The molecule has 0 amide bonds. The van der Waals surface area contributed by atoms with Gasteiger partial charge in [0.15, 0.2) is 6.29 Å². The summed E-state index contributed by atoms with van der Waals surface area (Å²) in [5, 5.41) is 0. The minimum absolute atomic E-state index is 0.0370. The zero-order valence-corrected chi connectivity index (χ0v) is 15.9. The van der Waals surface area contributed by atoms with Gasteiger partial charge in [0.05, 0.1) is 8.07 Å². The first-order valence-electron chi connectivity index (χ1n) is 7.44. The first kappa shape index (κ1) is 21.9. The van der Waals surface area contributed by atoms with Crippen molar-refractivity contribution in [3.8, 4) is 0 Å². The van der Waals surface area contributed by atoms with Crippen LogP contribution in [-0.2, 0) is 14.3 Å². The van der Waals surface area contributed by atoms with Crippen LogP contribution in [0.4, 0.5) is 0 Å². The molecular weight excluding hydrogens is 268 g/mol. The maximum atomic E-state index is 10.4. The minimum Gasteiger partial charge on any atom is -0.353 e. The molecule has 0 aliphatic carbocycles. The molecule has 0 aliphatic heterocycles. The van der Waals surface area contributed by atoms with E-state index >= 15 is 0 Å². The zero-order chi connectivity index (χ0) is 16.4. The van der Waals surface area contributed by atoms with Gasteiger partial charge >= 0.3 is 0 Å². The summed E-state index contributed by atoms with van der Waals surface area (Å²) in [6, 6.07) is 0. The Kier molecular flexibility index (Phi) is 11.3. The molecule has 0 bridgehead atoms.